The Kier molecular flexibility index (Phi) is 5.99. The predicted octanol–water partition coefficient (Wildman–Crippen LogP) is -0.0106. The molecule has 2 fully saturated rings. The van der Waals surface area contributed by atoms with Crippen molar-refractivity contribution in [2.45, 2.75) is 52.1 Å². The van der Waals surface area contributed by atoms with E-state index in [4.69, 9.17) is 23.7 Å². The fraction of sp³-hybridized carbons (Fsp3) is 0.750. The monoisotopic (exact) mass is 358 g/mol. The molecule has 1 aliphatic carbocycles. The molecule has 2 rings (SSSR count). The number of carbonyl (C=O) groups excluding carboxylic acids is 4. The van der Waals surface area contributed by atoms with Gasteiger partial charge in [0.05, 0.1) is 18.6 Å². The first kappa shape index (κ1) is 19.2. The van der Waals surface area contributed by atoms with Crippen LogP contribution in [0, 0.1) is 11.8 Å². The van der Waals surface area contributed by atoms with Gasteiger partial charge in [0.15, 0.2) is 6.10 Å². The van der Waals surface area contributed by atoms with Crippen molar-refractivity contribution in [2.24, 2.45) is 11.8 Å². The molecule has 0 aromatic carbocycles. The zero-order chi connectivity index (χ0) is 18.7. The van der Waals surface area contributed by atoms with Crippen molar-refractivity contribution >= 4 is 23.9 Å². The molecule has 0 radical (unpaired) electrons. The Labute approximate surface area is 144 Å². The van der Waals surface area contributed by atoms with E-state index in [2.05, 4.69) is 0 Å². The van der Waals surface area contributed by atoms with Gasteiger partial charge >= 0.3 is 23.9 Å². The summed E-state index contributed by atoms with van der Waals surface area (Å²) in [6.45, 7) is 5.35. The highest BCUT2D eigenvalue weighted by Crippen LogP contribution is 2.52. The van der Waals surface area contributed by atoms with Gasteiger partial charge < -0.3 is 23.7 Å². The number of ether oxygens (including phenoxy) is 5. The molecule has 140 valence electrons. The van der Waals surface area contributed by atoms with E-state index in [1.165, 1.54) is 20.8 Å². The Balaban J connectivity index is 2.23. The minimum Gasteiger partial charge on any atom is -0.466 e. The van der Waals surface area contributed by atoms with Gasteiger partial charge in [0, 0.05) is 26.7 Å². The summed E-state index contributed by atoms with van der Waals surface area (Å²) in [7, 11) is 0. The molecule has 0 spiro atoms. The molecule has 0 N–H and O–H groups in total. The SMILES string of the molecule is CCOC(=O)[C@@H]1[C@H]2O[C@H](COC(C)=O)[C@@H](OC(C)=O)[C@H](OC(C)=O)[C@H]21. The molecule has 0 unspecified atom stereocenters. The second-order valence-corrected chi connectivity index (χ2v) is 5.95. The molecule has 1 heterocycles. The first-order valence-electron chi connectivity index (χ1n) is 8.06. The van der Waals surface area contributed by atoms with Crippen molar-refractivity contribution in [3.05, 3.63) is 0 Å². The topological polar surface area (TPSA) is 114 Å². The Hall–Kier alpha value is -2.16. The summed E-state index contributed by atoms with van der Waals surface area (Å²) in [4.78, 5) is 46.1. The van der Waals surface area contributed by atoms with Crippen molar-refractivity contribution in [2.75, 3.05) is 13.2 Å². The predicted molar refractivity (Wildman–Crippen MR) is 80.0 cm³/mol. The summed E-state index contributed by atoms with van der Waals surface area (Å²) in [6, 6.07) is 0. The molecule has 25 heavy (non-hydrogen) atoms. The van der Waals surface area contributed by atoms with E-state index < -0.39 is 60.1 Å². The van der Waals surface area contributed by atoms with Gasteiger partial charge in [0.1, 0.15) is 18.8 Å². The van der Waals surface area contributed by atoms with Crippen LogP contribution < -0.4 is 0 Å². The molecule has 2 aliphatic rings. The number of carbonyl (C=O) groups is 4. The third-order valence-corrected chi connectivity index (χ3v) is 4.02. The Morgan fingerprint density at radius 1 is 0.880 bits per heavy atom. The normalized spacial score (nSPS) is 32.8. The number of hydrogen-bond acceptors (Lipinski definition) is 9. The summed E-state index contributed by atoms with van der Waals surface area (Å²) in [5.74, 6) is -3.28. The second-order valence-electron chi connectivity index (χ2n) is 5.95. The molecular weight excluding hydrogens is 336 g/mol. The van der Waals surface area contributed by atoms with Gasteiger partial charge in [-0.2, -0.15) is 0 Å². The quantitative estimate of drug-likeness (QED) is 0.477. The Morgan fingerprint density at radius 3 is 2.00 bits per heavy atom. The van der Waals surface area contributed by atoms with Crippen molar-refractivity contribution in [1.82, 2.24) is 0 Å². The van der Waals surface area contributed by atoms with E-state index in [-0.39, 0.29) is 13.2 Å². The lowest BCUT2D eigenvalue weighted by atomic mass is 10.00. The number of hydrogen-bond donors (Lipinski definition) is 0. The molecule has 0 aromatic rings. The zero-order valence-electron chi connectivity index (χ0n) is 14.6. The molecule has 9 nitrogen and oxygen atoms in total. The third kappa shape index (κ3) is 4.47. The summed E-state index contributed by atoms with van der Waals surface area (Å²) in [6.07, 6.45) is -3.26. The maximum absolute atomic E-state index is 12.1. The van der Waals surface area contributed by atoms with Crippen LogP contribution in [0.4, 0.5) is 0 Å². The Morgan fingerprint density at radius 2 is 1.48 bits per heavy atom. The van der Waals surface area contributed by atoms with Crippen molar-refractivity contribution in [1.29, 1.82) is 0 Å². The summed E-state index contributed by atoms with van der Waals surface area (Å²) < 4.78 is 26.3. The fourth-order valence-corrected chi connectivity index (χ4v) is 3.12. The minimum absolute atomic E-state index is 0.191. The van der Waals surface area contributed by atoms with Crippen molar-refractivity contribution in [3.8, 4) is 0 Å². The van der Waals surface area contributed by atoms with E-state index in [1.54, 1.807) is 6.92 Å². The van der Waals surface area contributed by atoms with Crippen LogP contribution in [0.2, 0.25) is 0 Å². The van der Waals surface area contributed by atoms with Gasteiger partial charge in [-0.3, -0.25) is 19.2 Å². The Bertz CT molecular complexity index is 558. The molecule has 1 saturated carbocycles. The maximum atomic E-state index is 12.1. The average Bonchev–Trinajstić information content (AvgIpc) is 3.21. The highest BCUT2D eigenvalue weighted by atomic mass is 16.6. The van der Waals surface area contributed by atoms with Crippen molar-refractivity contribution < 1.29 is 42.9 Å². The van der Waals surface area contributed by atoms with E-state index in [9.17, 15) is 19.2 Å². The van der Waals surface area contributed by atoms with Gasteiger partial charge in [-0.05, 0) is 6.92 Å². The molecule has 0 bridgehead atoms. The van der Waals surface area contributed by atoms with Crippen LogP contribution in [0.25, 0.3) is 0 Å². The molecule has 1 aliphatic heterocycles. The average molecular weight is 358 g/mol. The van der Waals surface area contributed by atoms with Crippen LogP contribution in [-0.4, -0.2) is 61.5 Å². The number of fused-ring (bicyclic) bond motifs is 1. The van der Waals surface area contributed by atoms with Gasteiger partial charge in [-0.25, -0.2) is 0 Å². The fourth-order valence-electron chi connectivity index (χ4n) is 3.12. The molecule has 6 atom stereocenters. The smallest absolute Gasteiger partial charge is 0.312 e. The molecule has 1 saturated heterocycles. The van der Waals surface area contributed by atoms with E-state index in [0.29, 0.717) is 0 Å². The third-order valence-electron chi connectivity index (χ3n) is 4.02. The van der Waals surface area contributed by atoms with Crippen LogP contribution in [0.15, 0.2) is 0 Å². The minimum atomic E-state index is -0.985. The molecule has 9 heteroatoms. The van der Waals surface area contributed by atoms with Crippen LogP contribution in [-0.2, 0) is 42.9 Å². The highest BCUT2D eigenvalue weighted by molar-refractivity contribution is 5.78. The van der Waals surface area contributed by atoms with E-state index in [0.717, 1.165) is 0 Å². The second kappa shape index (κ2) is 7.81. The lowest BCUT2D eigenvalue weighted by Crippen LogP contribution is -2.51. The standard InChI is InChI=1S/C16H22O9/c1-5-21-16(20)12-11-14(12)25-10(6-22-7(2)17)13(23-8(3)18)15(11)24-9(4)19/h10-15H,5-6H2,1-4H3/t10-,11+,12+,13-,14+,15-/m1/s1. The lowest BCUT2D eigenvalue weighted by molar-refractivity contribution is -0.202. The van der Waals surface area contributed by atoms with Crippen LogP contribution in [0.1, 0.15) is 27.7 Å². The van der Waals surface area contributed by atoms with Crippen LogP contribution in [0.3, 0.4) is 0 Å². The molecule has 0 amide bonds. The van der Waals surface area contributed by atoms with Gasteiger partial charge in [-0.1, -0.05) is 0 Å². The first-order valence-corrected chi connectivity index (χ1v) is 8.06. The first-order chi connectivity index (χ1) is 11.8. The highest BCUT2D eigenvalue weighted by Gasteiger charge is 2.68. The van der Waals surface area contributed by atoms with Crippen LogP contribution >= 0.6 is 0 Å². The largest absolute Gasteiger partial charge is 0.466 e. The summed E-state index contributed by atoms with van der Waals surface area (Å²) in [5.41, 5.74) is 0. The van der Waals surface area contributed by atoms with E-state index in [1.807, 2.05) is 0 Å². The van der Waals surface area contributed by atoms with E-state index >= 15 is 0 Å². The van der Waals surface area contributed by atoms with Gasteiger partial charge in [0.25, 0.3) is 0 Å². The van der Waals surface area contributed by atoms with Gasteiger partial charge in [-0.15, -0.1) is 0 Å². The van der Waals surface area contributed by atoms with Crippen molar-refractivity contribution in [3.63, 3.8) is 0 Å². The zero-order valence-corrected chi connectivity index (χ0v) is 14.6. The number of rotatable bonds is 6. The summed E-state index contributed by atoms with van der Waals surface area (Å²) >= 11 is 0. The lowest BCUT2D eigenvalue weighted by Gasteiger charge is -2.35. The van der Waals surface area contributed by atoms with Crippen LogP contribution in [0.5, 0.6) is 0 Å². The molecule has 0 aromatic heterocycles. The maximum Gasteiger partial charge on any atom is 0.312 e. The summed E-state index contributed by atoms with van der Waals surface area (Å²) in [5, 5.41) is 0. The number of esters is 4. The molecular formula is C16H22O9. The van der Waals surface area contributed by atoms with Gasteiger partial charge in [0.2, 0.25) is 0 Å².